The number of hydrogen-bond acceptors (Lipinski definition) is 3. The lowest BCUT2D eigenvalue weighted by atomic mass is 10.0. The topological polar surface area (TPSA) is 32.3 Å². The number of carbonyl (C=O) groups excluding carboxylic acids is 1. The van der Waals surface area contributed by atoms with Gasteiger partial charge in [0.15, 0.2) is 0 Å². The number of benzene rings is 1. The molecule has 0 aromatic heterocycles. The highest BCUT2D eigenvalue weighted by Gasteiger charge is 2.17. The van der Waals surface area contributed by atoms with E-state index in [1.165, 1.54) is 31.5 Å². The van der Waals surface area contributed by atoms with Gasteiger partial charge in [0.2, 0.25) is 0 Å². The van der Waals surface area contributed by atoms with E-state index in [1.54, 1.807) is 0 Å². The summed E-state index contributed by atoms with van der Waals surface area (Å²) < 4.78 is 0. The first-order valence-corrected chi connectivity index (χ1v) is 7.82. The van der Waals surface area contributed by atoms with E-state index in [0.29, 0.717) is 6.04 Å². The summed E-state index contributed by atoms with van der Waals surface area (Å²) in [5, 5.41) is 3.66. The van der Waals surface area contributed by atoms with Crippen LogP contribution in [0.5, 0.6) is 0 Å². The van der Waals surface area contributed by atoms with Crippen molar-refractivity contribution in [3.8, 4) is 0 Å². The minimum absolute atomic E-state index is 0.654. The summed E-state index contributed by atoms with van der Waals surface area (Å²) in [6, 6.07) is 11.3. The Labute approximate surface area is 122 Å². The lowest BCUT2D eigenvalue weighted by molar-refractivity contribution is -0.107. The Kier molecular flexibility index (Phi) is 6.75. The molecule has 1 aliphatic heterocycles. The molecule has 1 aliphatic rings. The molecule has 1 saturated heterocycles. The smallest absolute Gasteiger partial charge is 0.119 e. The molecular formula is C17H26N2O. The Morgan fingerprint density at radius 2 is 1.90 bits per heavy atom. The molecule has 0 spiro atoms. The summed E-state index contributed by atoms with van der Waals surface area (Å²) in [5.74, 6) is 0. The predicted molar refractivity (Wildman–Crippen MR) is 82.7 cm³/mol. The normalized spacial score (nSPS) is 17.2. The van der Waals surface area contributed by atoms with Gasteiger partial charge in [-0.2, -0.15) is 0 Å². The number of rotatable bonds is 8. The molecule has 1 aromatic rings. The molecule has 110 valence electrons. The molecule has 0 amide bonds. The number of nitrogens with zero attached hydrogens (tertiary/aromatic N) is 1. The molecule has 0 saturated carbocycles. The molecule has 0 aliphatic carbocycles. The Morgan fingerprint density at radius 1 is 1.15 bits per heavy atom. The van der Waals surface area contributed by atoms with Crippen LogP contribution in [0.1, 0.15) is 37.7 Å². The molecular weight excluding hydrogens is 248 g/mol. The highest BCUT2D eigenvalue weighted by Crippen LogP contribution is 2.12. The van der Waals surface area contributed by atoms with Crippen LogP contribution >= 0.6 is 0 Å². The van der Waals surface area contributed by atoms with Crippen LogP contribution in [0.4, 0.5) is 0 Å². The van der Waals surface area contributed by atoms with E-state index in [9.17, 15) is 4.79 Å². The van der Waals surface area contributed by atoms with Crippen LogP contribution in [-0.2, 0) is 11.3 Å². The van der Waals surface area contributed by atoms with E-state index in [1.807, 2.05) is 0 Å². The van der Waals surface area contributed by atoms with Crippen LogP contribution in [0.3, 0.4) is 0 Å². The van der Waals surface area contributed by atoms with Gasteiger partial charge in [-0.05, 0) is 50.9 Å². The van der Waals surface area contributed by atoms with Gasteiger partial charge in [0, 0.05) is 19.0 Å². The van der Waals surface area contributed by atoms with Gasteiger partial charge in [-0.3, -0.25) is 0 Å². The first kappa shape index (κ1) is 15.2. The number of piperidine rings is 1. The van der Waals surface area contributed by atoms with E-state index in [4.69, 9.17) is 0 Å². The number of nitrogens with one attached hydrogen (secondary N) is 1. The van der Waals surface area contributed by atoms with E-state index >= 15 is 0 Å². The zero-order chi connectivity index (χ0) is 14.0. The Balaban J connectivity index is 1.58. The van der Waals surface area contributed by atoms with Crippen molar-refractivity contribution >= 4 is 6.29 Å². The summed E-state index contributed by atoms with van der Waals surface area (Å²) in [4.78, 5) is 12.8. The van der Waals surface area contributed by atoms with E-state index in [0.717, 1.165) is 38.6 Å². The van der Waals surface area contributed by atoms with Crippen LogP contribution in [0.25, 0.3) is 0 Å². The Morgan fingerprint density at radius 3 is 2.60 bits per heavy atom. The zero-order valence-corrected chi connectivity index (χ0v) is 12.3. The van der Waals surface area contributed by atoms with Crippen molar-refractivity contribution in [3.63, 3.8) is 0 Å². The van der Waals surface area contributed by atoms with Crippen molar-refractivity contribution in [2.75, 3.05) is 19.6 Å². The Bertz CT molecular complexity index is 372. The predicted octanol–water partition coefficient (Wildman–Crippen LogP) is 2.61. The van der Waals surface area contributed by atoms with Crippen LogP contribution in [0.2, 0.25) is 0 Å². The van der Waals surface area contributed by atoms with Gasteiger partial charge in [0.05, 0.1) is 0 Å². The van der Waals surface area contributed by atoms with Crippen molar-refractivity contribution in [3.05, 3.63) is 35.9 Å². The summed E-state index contributed by atoms with van der Waals surface area (Å²) in [5.41, 5.74) is 1.36. The number of likely N-dealkylation sites (tertiary alicyclic amines) is 1. The fourth-order valence-electron chi connectivity index (χ4n) is 2.78. The molecule has 1 N–H and O–H groups in total. The van der Waals surface area contributed by atoms with Gasteiger partial charge in [0.25, 0.3) is 0 Å². The highest BCUT2D eigenvalue weighted by molar-refractivity contribution is 5.48. The van der Waals surface area contributed by atoms with Gasteiger partial charge in [-0.25, -0.2) is 0 Å². The SMILES string of the molecule is O=CCCCCN1CCC(NCc2ccccc2)CC1. The standard InChI is InChI=1S/C17H26N2O/c20-14-6-2-5-11-19-12-9-17(10-13-19)18-15-16-7-3-1-4-8-16/h1,3-4,7-8,14,17-18H,2,5-6,9-13,15H2. The average molecular weight is 274 g/mol. The lowest BCUT2D eigenvalue weighted by Gasteiger charge is -2.32. The molecule has 0 unspecified atom stereocenters. The van der Waals surface area contributed by atoms with Crippen LogP contribution in [0.15, 0.2) is 30.3 Å². The molecule has 2 rings (SSSR count). The van der Waals surface area contributed by atoms with Gasteiger partial charge in [0.1, 0.15) is 6.29 Å². The largest absolute Gasteiger partial charge is 0.310 e. The van der Waals surface area contributed by atoms with E-state index < -0.39 is 0 Å². The molecule has 1 aromatic carbocycles. The van der Waals surface area contributed by atoms with Crippen molar-refractivity contribution in [2.45, 2.75) is 44.7 Å². The van der Waals surface area contributed by atoms with Crippen molar-refractivity contribution in [2.24, 2.45) is 0 Å². The van der Waals surface area contributed by atoms with Gasteiger partial charge < -0.3 is 15.0 Å². The van der Waals surface area contributed by atoms with Gasteiger partial charge >= 0.3 is 0 Å². The Hall–Kier alpha value is -1.19. The third-order valence-corrected chi connectivity index (χ3v) is 4.07. The molecule has 3 heteroatoms. The van der Waals surface area contributed by atoms with Gasteiger partial charge in [-0.1, -0.05) is 30.3 Å². The second-order valence-corrected chi connectivity index (χ2v) is 5.64. The average Bonchev–Trinajstić information content (AvgIpc) is 2.52. The summed E-state index contributed by atoms with van der Waals surface area (Å²) in [7, 11) is 0. The molecule has 1 fully saturated rings. The van der Waals surface area contributed by atoms with Crippen molar-refractivity contribution in [1.29, 1.82) is 0 Å². The summed E-state index contributed by atoms with van der Waals surface area (Å²) >= 11 is 0. The fourth-order valence-corrected chi connectivity index (χ4v) is 2.78. The quantitative estimate of drug-likeness (QED) is 0.584. The van der Waals surface area contributed by atoms with Gasteiger partial charge in [-0.15, -0.1) is 0 Å². The summed E-state index contributed by atoms with van der Waals surface area (Å²) in [6.07, 6.45) is 6.41. The lowest BCUT2D eigenvalue weighted by Crippen LogP contribution is -2.42. The van der Waals surface area contributed by atoms with E-state index in [2.05, 4.69) is 40.5 Å². The number of aldehydes is 1. The van der Waals surface area contributed by atoms with Crippen molar-refractivity contribution in [1.82, 2.24) is 10.2 Å². The molecule has 0 radical (unpaired) electrons. The second kappa shape index (κ2) is 8.88. The highest BCUT2D eigenvalue weighted by atomic mass is 16.1. The number of hydrogen-bond donors (Lipinski definition) is 1. The minimum Gasteiger partial charge on any atom is -0.310 e. The monoisotopic (exact) mass is 274 g/mol. The number of unbranched alkanes of at least 4 members (excludes halogenated alkanes) is 2. The molecule has 3 nitrogen and oxygen atoms in total. The zero-order valence-electron chi connectivity index (χ0n) is 12.3. The number of carbonyl (C=O) groups is 1. The summed E-state index contributed by atoms with van der Waals surface area (Å²) in [6.45, 7) is 4.51. The molecule has 0 bridgehead atoms. The van der Waals surface area contributed by atoms with Crippen LogP contribution < -0.4 is 5.32 Å². The third kappa shape index (κ3) is 5.43. The van der Waals surface area contributed by atoms with E-state index in [-0.39, 0.29) is 0 Å². The molecule has 0 atom stereocenters. The van der Waals surface area contributed by atoms with Crippen LogP contribution in [-0.4, -0.2) is 36.9 Å². The maximum absolute atomic E-state index is 10.3. The fraction of sp³-hybridized carbons (Fsp3) is 0.588. The minimum atomic E-state index is 0.654. The third-order valence-electron chi connectivity index (χ3n) is 4.07. The molecule has 1 heterocycles. The maximum atomic E-state index is 10.3. The van der Waals surface area contributed by atoms with Crippen molar-refractivity contribution < 1.29 is 4.79 Å². The first-order chi connectivity index (χ1) is 9.88. The van der Waals surface area contributed by atoms with Crippen LogP contribution in [0, 0.1) is 0 Å². The first-order valence-electron chi connectivity index (χ1n) is 7.82. The molecule has 20 heavy (non-hydrogen) atoms. The maximum Gasteiger partial charge on any atom is 0.119 e. The second-order valence-electron chi connectivity index (χ2n) is 5.64.